The van der Waals surface area contributed by atoms with Crippen molar-refractivity contribution in [2.75, 3.05) is 19.0 Å². The van der Waals surface area contributed by atoms with Crippen LogP contribution in [0.4, 0.5) is 5.69 Å². The van der Waals surface area contributed by atoms with E-state index in [1.165, 1.54) is 11.3 Å². The maximum absolute atomic E-state index is 13.2. The number of pyridine rings is 1. The number of nitrogens with one attached hydrogen (secondary N) is 1. The highest BCUT2D eigenvalue weighted by Crippen LogP contribution is 2.34. The quantitative estimate of drug-likeness (QED) is 0.669. The minimum atomic E-state index is -0.553. The summed E-state index contributed by atoms with van der Waals surface area (Å²) in [6.45, 7) is 3.84. The Bertz CT molecular complexity index is 1170. The largest absolute Gasteiger partial charge is 0.376 e. The Morgan fingerprint density at radius 3 is 2.48 bits per heavy atom. The molecular formula is C21H20N4O3S. The van der Waals surface area contributed by atoms with E-state index < -0.39 is 17.7 Å². The number of para-hydroxylation sites is 1. The van der Waals surface area contributed by atoms with Gasteiger partial charge in [0.2, 0.25) is 0 Å². The van der Waals surface area contributed by atoms with E-state index >= 15 is 0 Å². The molecule has 2 aromatic heterocycles. The van der Waals surface area contributed by atoms with Gasteiger partial charge >= 0.3 is 0 Å². The minimum Gasteiger partial charge on any atom is -0.376 e. The first-order valence-corrected chi connectivity index (χ1v) is 10.1. The number of benzene rings is 1. The van der Waals surface area contributed by atoms with Gasteiger partial charge in [-0.05, 0) is 23.4 Å². The minimum absolute atomic E-state index is 0.0570. The lowest BCUT2D eigenvalue weighted by Gasteiger charge is -2.17. The summed E-state index contributed by atoms with van der Waals surface area (Å²) in [7, 11) is 3.65. The number of anilines is 1. The summed E-state index contributed by atoms with van der Waals surface area (Å²) in [6.07, 6.45) is 0. The molecule has 0 atom stereocenters. The van der Waals surface area contributed by atoms with Gasteiger partial charge in [0.05, 0.1) is 28.0 Å². The number of hydrazine groups is 1. The van der Waals surface area contributed by atoms with E-state index in [1.54, 1.807) is 17.5 Å². The van der Waals surface area contributed by atoms with Gasteiger partial charge < -0.3 is 4.90 Å². The number of hydrogen-bond donors (Lipinski definition) is 1. The molecular weight excluding hydrogens is 388 g/mol. The van der Waals surface area contributed by atoms with Gasteiger partial charge in [-0.25, -0.2) is 0 Å². The molecule has 0 saturated heterocycles. The molecule has 1 aromatic carbocycles. The fourth-order valence-electron chi connectivity index (χ4n) is 3.48. The first-order chi connectivity index (χ1) is 13.8. The van der Waals surface area contributed by atoms with Gasteiger partial charge in [0.1, 0.15) is 4.88 Å². The lowest BCUT2D eigenvalue weighted by atomic mass is 9.97. The fraction of sp³-hybridized carbons (Fsp3) is 0.238. The van der Waals surface area contributed by atoms with Crippen LogP contribution in [0, 0.1) is 0 Å². The summed E-state index contributed by atoms with van der Waals surface area (Å²) in [6, 6.07) is 9.04. The van der Waals surface area contributed by atoms with Crippen LogP contribution in [0.2, 0.25) is 0 Å². The third-order valence-electron chi connectivity index (χ3n) is 4.85. The summed E-state index contributed by atoms with van der Waals surface area (Å²) in [4.78, 5) is 46.0. The first kappa shape index (κ1) is 19.1. The maximum atomic E-state index is 13.2. The summed E-state index contributed by atoms with van der Waals surface area (Å²) in [5, 5.41) is 3.21. The van der Waals surface area contributed by atoms with E-state index in [2.05, 4.69) is 10.4 Å². The third kappa shape index (κ3) is 2.96. The van der Waals surface area contributed by atoms with Crippen LogP contribution in [0.5, 0.6) is 0 Å². The number of carbonyl (C=O) groups is 3. The van der Waals surface area contributed by atoms with Crippen molar-refractivity contribution in [3.8, 4) is 0 Å². The molecule has 1 aliphatic heterocycles. The lowest BCUT2D eigenvalue weighted by molar-refractivity contribution is 0.0519. The van der Waals surface area contributed by atoms with Crippen molar-refractivity contribution in [1.82, 2.24) is 15.4 Å². The van der Waals surface area contributed by atoms with Crippen molar-refractivity contribution in [2.45, 2.75) is 19.8 Å². The topological polar surface area (TPSA) is 82.6 Å². The molecule has 148 valence electrons. The predicted octanol–water partition coefficient (Wildman–Crippen LogP) is 3.43. The second-order valence-corrected chi connectivity index (χ2v) is 8.25. The molecule has 0 unspecified atom stereocenters. The summed E-state index contributed by atoms with van der Waals surface area (Å²) < 4.78 is 0. The van der Waals surface area contributed by atoms with Gasteiger partial charge in [0, 0.05) is 19.5 Å². The number of nitrogens with zero attached hydrogens (tertiary/aromatic N) is 3. The maximum Gasteiger partial charge on any atom is 0.282 e. The van der Waals surface area contributed by atoms with Crippen molar-refractivity contribution < 1.29 is 14.4 Å². The Morgan fingerprint density at radius 1 is 1.10 bits per heavy atom. The molecule has 29 heavy (non-hydrogen) atoms. The van der Waals surface area contributed by atoms with Gasteiger partial charge in [-0.2, -0.15) is 5.01 Å². The lowest BCUT2D eigenvalue weighted by Crippen LogP contribution is -2.46. The van der Waals surface area contributed by atoms with Gasteiger partial charge in [0.25, 0.3) is 17.7 Å². The highest BCUT2D eigenvalue weighted by atomic mass is 32.1. The number of fused-ring (bicyclic) bond motifs is 3. The van der Waals surface area contributed by atoms with Crippen LogP contribution in [-0.4, -0.2) is 41.8 Å². The van der Waals surface area contributed by atoms with Crippen molar-refractivity contribution in [3.63, 3.8) is 0 Å². The molecule has 0 spiro atoms. The second kappa shape index (κ2) is 6.97. The molecule has 7 nitrogen and oxygen atoms in total. The summed E-state index contributed by atoms with van der Waals surface area (Å²) in [5.41, 5.74) is 4.99. The molecule has 0 saturated carbocycles. The van der Waals surface area contributed by atoms with Crippen molar-refractivity contribution >= 4 is 45.6 Å². The molecule has 0 bridgehead atoms. The van der Waals surface area contributed by atoms with E-state index in [4.69, 9.17) is 0 Å². The average molecular weight is 408 g/mol. The SMILES string of the molecule is CC(C)c1nc2ccccc2c2c1C(=O)N(NC(=O)c1sccc1N(C)C)C2=O. The van der Waals surface area contributed by atoms with Crippen LogP contribution < -0.4 is 10.3 Å². The molecule has 1 N–H and O–H groups in total. The highest BCUT2D eigenvalue weighted by molar-refractivity contribution is 7.12. The third-order valence-corrected chi connectivity index (χ3v) is 5.75. The van der Waals surface area contributed by atoms with Gasteiger partial charge in [-0.15, -0.1) is 11.3 Å². The highest BCUT2D eigenvalue weighted by Gasteiger charge is 2.41. The average Bonchev–Trinajstić information content (AvgIpc) is 3.27. The smallest absolute Gasteiger partial charge is 0.282 e. The van der Waals surface area contributed by atoms with E-state index in [1.807, 2.05) is 51.0 Å². The van der Waals surface area contributed by atoms with E-state index in [0.717, 1.165) is 10.7 Å². The second-order valence-electron chi connectivity index (χ2n) is 7.33. The summed E-state index contributed by atoms with van der Waals surface area (Å²) >= 11 is 1.25. The Morgan fingerprint density at radius 2 is 1.79 bits per heavy atom. The zero-order chi connectivity index (χ0) is 20.9. The summed E-state index contributed by atoms with van der Waals surface area (Å²) in [5.74, 6) is -1.65. The monoisotopic (exact) mass is 408 g/mol. The number of carbonyl (C=O) groups excluding carboxylic acids is 3. The van der Waals surface area contributed by atoms with Crippen molar-refractivity contribution in [1.29, 1.82) is 0 Å². The van der Waals surface area contributed by atoms with Crippen LogP contribution in [0.15, 0.2) is 35.7 Å². The molecule has 3 amide bonds. The van der Waals surface area contributed by atoms with Gasteiger partial charge in [0.15, 0.2) is 0 Å². The van der Waals surface area contributed by atoms with E-state index in [9.17, 15) is 14.4 Å². The van der Waals surface area contributed by atoms with Crippen LogP contribution >= 0.6 is 11.3 Å². The van der Waals surface area contributed by atoms with Crippen LogP contribution in [0.3, 0.4) is 0 Å². The van der Waals surface area contributed by atoms with Crippen LogP contribution in [-0.2, 0) is 0 Å². The molecule has 0 radical (unpaired) electrons. The Kier molecular flexibility index (Phi) is 4.58. The zero-order valence-electron chi connectivity index (χ0n) is 16.5. The molecule has 1 aliphatic rings. The number of amides is 3. The Hall–Kier alpha value is -3.26. The molecule has 3 heterocycles. The van der Waals surface area contributed by atoms with Gasteiger partial charge in [-0.3, -0.25) is 24.8 Å². The van der Waals surface area contributed by atoms with Crippen LogP contribution in [0.1, 0.15) is 55.8 Å². The Labute approximate surface area is 171 Å². The zero-order valence-corrected chi connectivity index (χ0v) is 17.3. The number of thiophene rings is 1. The number of hydrogen-bond acceptors (Lipinski definition) is 6. The fourth-order valence-corrected chi connectivity index (χ4v) is 4.34. The first-order valence-electron chi connectivity index (χ1n) is 9.18. The van der Waals surface area contributed by atoms with E-state index in [0.29, 0.717) is 27.0 Å². The standard InChI is InChI=1S/C21H20N4O3S/c1-11(2)17-16-15(12-7-5-6-8-13(12)22-17)20(27)25(21(16)28)23-19(26)18-14(24(3)4)9-10-29-18/h5-11H,1-4H3,(H,23,26). The predicted molar refractivity (Wildman–Crippen MR) is 112 cm³/mol. The van der Waals surface area contributed by atoms with Crippen molar-refractivity contribution in [2.24, 2.45) is 0 Å². The number of aromatic nitrogens is 1. The van der Waals surface area contributed by atoms with Gasteiger partial charge in [-0.1, -0.05) is 32.0 Å². The normalized spacial score (nSPS) is 13.3. The number of imide groups is 1. The number of rotatable bonds is 4. The molecule has 8 heteroatoms. The molecule has 0 fully saturated rings. The molecule has 3 aromatic rings. The van der Waals surface area contributed by atoms with E-state index in [-0.39, 0.29) is 11.5 Å². The van der Waals surface area contributed by atoms with Crippen LogP contribution in [0.25, 0.3) is 10.9 Å². The Balaban J connectivity index is 1.78. The molecule has 0 aliphatic carbocycles. The molecule has 4 rings (SSSR count). The van der Waals surface area contributed by atoms with Crippen molar-refractivity contribution in [3.05, 3.63) is 57.4 Å².